The topological polar surface area (TPSA) is 41.1 Å². The van der Waals surface area contributed by atoms with E-state index < -0.39 is 0 Å². The third-order valence-electron chi connectivity index (χ3n) is 1.93. The first-order valence-electron chi connectivity index (χ1n) is 5.09. The summed E-state index contributed by atoms with van der Waals surface area (Å²) in [5.41, 5.74) is 0.480. The first-order chi connectivity index (χ1) is 7.72. The van der Waals surface area contributed by atoms with E-state index in [4.69, 9.17) is 0 Å². The fraction of sp³-hybridized carbons (Fsp3) is 0.250. The molecule has 0 aliphatic rings. The molecule has 0 radical (unpaired) electrons. The smallest absolute Gasteiger partial charge is 0.225 e. The Labute approximate surface area is 94.4 Å². The van der Waals surface area contributed by atoms with Gasteiger partial charge in [0.25, 0.3) is 0 Å². The number of hydrogen-bond acceptors (Lipinski definition) is 2. The molecule has 0 bridgehead atoms. The molecular formula is C12H15FN2O. The number of hydrogen-bond donors (Lipinski definition) is 2. The monoisotopic (exact) mass is 222 g/mol. The summed E-state index contributed by atoms with van der Waals surface area (Å²) in [7, 11) is 0. The van der Waals surface area contributed by atoms with Gasteiger partial charge < -0.3 is 10.6 Å². The van der Waals surface area contributed by atoms with Gasteiger partial charge in [0.15, 0.2) is 0 Å². The fourth-order valence-electron chi connectivity index (χ4n) is 1.20. The Morgan fingerprint density at radius 1 is 1.50 bits per heavy atom. The minimum absolute atomic E-state index is 0.137. The van der Waals surface area contributed by atoms with Crippen molar-refractivity contribution in [3.63, 3.8) is 0 Å². The lowest BCUT2D eigenvalue weighted by Crippen LogP contribution is -2.21. The molecule has 0 aliphatic carbocycles. The van der Waals surface area contributed by atoms with Crippen molar-refractivity contribution in [2.24, 2.45) is 0 Å². The Hall–Kier alpha value is -1.68. The van der Waals surface area contributed by atoms with Crippen molar-refractivity contribution in [2.75, 3.05) is 18.4 Å². The van der Waals surface area contributed by atoms with Crippen molar-refractivity contribution in [1.29, 1.82) is 0 Å². The highest BCUT2D eigenvalue weighted by Crippen LogP contribution is 2.08. The summed E-state index contributed by atoms with van der Waals surface area (Å²) in [6.07, 6.45) is 2.08. The summed E-state index contributed by atoms with van der Waals surface area (Å²) in [6, 6.07) is 5.83. The number of halogens is 1. The minimum Gasteiger partial charge on any atom is -0.326 e. The Bertz CT molecular complexity index is 366. The summed E-state index contributed by atoms with van der Waals surface area (Å²) >= 11 is 0. The molecule has 0 aliphatic heterocycles. The van der Waals surface area contributed by atoms with E-state index in [-0.39, 0.29) is 11.7 Å². The maximum atomic E-state index is 12.8. The van der Waals surface area contributed by atoms with Crippen LogP contribution < -0.4 is 10.6 Å². The highest BCUT2D eigenvalue weighted by molar-refractivity contribution is 5.90. The van der Waals surface area contributed by atoms with E-state index in [1.54, 1.807) is 18.2 Å². The van der Waals surface area contributed by atoms with Crippen molar-refractivity contribution in [3.8, 4) is 0 Å². The molecule has 1 aromatic rings. The maximum absolute atomic E-state index is 12.8. The molecule has 0 unspecified atom stereocenters. The van der Waals surface area contributed by atoms with Crippen LogP contribution in [0.1, 0.15) is 6.42 Å². The van der Waals surface area contributed by atoms with E-state index in [9.17, 15) is 9.18 Å². The molecule has 0 saturated heterocycles. The number of benzene rings is 1. The predicted octanol–water partition coefficient (Wildman–Crippen LogP) is 1.93. The van der Waals surface area contributed by atoms with Gasteiger partial charge in [0.2, 0.25) is 5.91 Å². The second-order valence-electron chi connectivity index (χ2n) is 3.30. The van der Waals surface area contributed by atoms with Crippen LogP contribution in [0.25, 0.3) is 0 Å². The molecule has 0 aromatic heterocycles. The first kappa shape index (κ1) is 12.4. The maximum Gasteiger partial charge on any atom is 0.225 e. The average Bonchev–Trinajstić information content (AvgIpc) is 2.24. The largest absolute Gasteiger partial charge is 0.326 e. The lowest BCUT2D eigenvalue weighted by Gasteiger charge is -2.05. The van der Waals surface area contributed by atoms with Gasteiger partial charge in [-0.2, -0.15) is 0 Å². The molecule has 1 amide bonds. The number of amides is 1. The van der Waals surface area contributed by atoms with Crippen molar-refractivity contribution in [3.05, 3.63) is 42.7 Å². The molecule has 0 fully saturated rings. The van der Waals surface area contributed by atoms with E-state index in [2.05, 4.69) is 17.2 Å². The molecule has 86 valence electrons. The van der Waals surface area contributed by atoms with Gasteiger partial charge in [0.1, 0.15) is 5.82 Å². The van der Waals surface area contributed by atoms with E-state index in [0.29, 0.717) is 25.2 Å². The molecule has 2 N–H and O–H groups in total. The van der Waals surface area contributed by atoms with Gasteiger partial charge in [-0.05, 0) is 18.2 Å². The number of carbonyl (C=O) groups excluding carboxylic acids is 1. The third-order valence-corrected chi connectivity index (χ3v) is 1.93. The lowest BCUT2D eigenvalue weighted by molar-refractivity contribution is -0.116. The quantitative estimate of drug-likeness (QED) is 0.570. The molecule has 1 aromatic carbocycles. The van der Waals surface area contributed by atoms with Crippen LogP contribution in [0.2, 0.25) is 0 Å². The highest BCUT2D eigenvalue weighted by Gasteiger charge is 2.01. The van der Waals surface area contributed by atoms with Gasteiger partial charge in [0, 0.05) is 25.2 Å². The SMILES string of the molecule is C=CCNCCC(=O)Nc1cccc(F)c1. The fourth-order valence-corrected chi connectivity index (χ4v) is 1.20. The third kappa shape index (κ3) is 4.70. The van der Waals surface area contributed by atoms with Crippen LogP contribution in [-0.2, 0) is 4.79 Å². The lowest BCUT2D eigenvalue weighted by atomic mass is 10.3. The predicted molar refractivity (Wildman–Crippen MR) is 62.7 cm³/mol. The standard InChI is InChI=1S/C12H15FN2O/c1-2-7-14-8-6-12(16)15-11-5-3-4-10(13)9-11/h2-5,9,14H,1,6-8H2,(H,15,16). The minimum atomic E-state index is -0.359. The zero-order valence-electron chi connectivity index (χ0n) is 9.00. The Kier molecular flexibility index (Phi) is 5.22. The summed E-state index contributed by atoms with van der Waals surface area (Å²) < 4.78 is 12.8. The van der Waals surface area contributed by atoms with Gasteiger partial charge in [0.05, 0.1) is 0 Å². The summed E-state index contributed by atoms with van der Waals surface area (Å²) in [5, 5.41) is 5.63. The molecule has 16 heavy (non-hydrogen) atoms. The molecule has 0 atom stereocenters. The van der Waals surface area contributed by atoms with Gasteiger partial charge in [-0.1, -0.05) is 12.1 Å². The van der Waals surface area contributed by atoms with Crippen LogP contribution in [0.4, 0.5) is 10.1 Å². The zero-order valence-corrected chi connectivity index (χ0v) is 9.00. The number of anilines is 1. The van der Waals surface area contributed by atoms with Crippen LogP contribution in [0, 0.1) is 5.82 Å². The van der Waals surface area contributed by atoms with Crippen LogP contribution in [-0.4, -0.2) is 19.0 Å². The average molecular weight is 222 g/mol. The molecule has 4 heteroatoms. The van der Waals surface area contributed by atoms with Crippen molar-refractivity contribution >= 4 is 11.6 Å². The van der Waals surface area contributed by atoms with Crippen LogP contribution in [0.15, 0.2) is 36.9 Å². The Balaban J connectivity index is 2.31. The summed E-state index contributed by atoms with van der Waals surface area (Å²) in [4.78, 5) is 11.4. The van der Waals surface area contributed by atoms with Crippen LogP contribution >= 0.6 is 0 Å². The summed E-state index contributed by atoms with van der Waals surface area (Å²) in [5.74, 6) is -0.496. The Morgan fingerprint density at radius 2 is 2.31 bits per heavy atom. The number of carbonyl (C=O) groups is 1. The van der Waals surface area contributed by atoms with Crippen LogP contribution in [0.5, 0.6) is 0 Å². The first-order valence-corrected chi connectivity index (χ1v) is 5.09. The van der Waals surface area contributed by atoms with E-state index in [1.807, 2.05) is 0 Å². The van der Waals surface area contributed by atoms with Gasteiger partial charge in [-0.25, -0.2) is 4.39 Å². The number of nitrogens with one attached hydrogen (secondary N) is 2. The molecule has 1 rings (SSSR count). The molecule has 0 spiro atoms. The second kappa shape index (κ2) is 6.74. The molecular weight excluding hydrogens is 207 g/mol. The van der Waals surface area contributed by atoms with E-state index in [0.717, 1.165) is 0 Å². The zero-order chi connectivity index (χ0) is 11.8. The molecule has 3 nitrogen and oxygen atoms in total. The van der Waals surface area contributed by atoms with Gasteiger partial charge >= 0.3 is 0 Å². The Morgan fingerprint density at radius 3 is 3.00 bits per heavy atom. The number of rotatable bonds is 6. The normalized spacial score (nSPS) is 9.81. The second-order valence-corrected chi connectivity index (χ2v) is 3.30. The summed E-state index contributed by atoms with van der Waals surface area (Å²) in [6.45, 7) is 4.80. The van der Waals surface area contributed by atoms with Crippen LogP contribution in [0.3, 0.4) is 0 Å². The van der Waals surface area contributed by atoms with Crippen molar-refractivity contribution in [2.45, 2.75) is 6.42 Å². The van der Waals surface area contributed by atoms with Crippen molar-refractivity contribution in [1.82, 2.24) is 5.32 Å². The van der Waals surface area contributed by atoms with E-state index in [1.165, 1.54) is 12.1 Å². The molecule has 0 heterocycles. The highest BCUT2D eigenvalue weighted by atomic mass is 19.1. The van der Waals surface area contributed by atoms with Gasteiger partial charge in [-0.3, -0.25) is 4.79 Å². The van der Waals surface area contributed by atoms with Crippen molar-refractivity contribution < 1.29 is 9.18 Å². The van der Waals surface area contributed by atoms with E-state index >= 15 is 0 Å². The molecule has 0 saturated carbocycles. The van der Waals surface area contributed by atoms with Gasteiger partial charge in [-0.15, -0.1) is 6.58 Å².